The Bertz CT molecular complexity index is 561. The van der Waals surface area contributed by atoms with Gasteiger partial charge in [-0.05, 0) is 36.0 Å². The van der Waals surface area contributed by atoms with Crippen molar-refractivity contribution in [3.63, 3.8) is 0 Å². The highest BCUT2D eigenvalue weighted by Gasteiger charge is 2.23. The maximum Gasteiger partial charge on any atom is 0.488 e. The minimum absolute atomic E-state index is 0.0136. The number of hydrogen-bond acceptors (Lipinski definition) is 6. The van der Waals surface area contributed by atoms with E-state index in [1.54, 1.807) is 0 Å². The van der Waals surface area contributed by atoms with Crippen molar-refractivity contribution < 1.29 is 26.5 Å². The van der Waals surface area contributed by atoms with Gasteiger partial charge in [0.2, 0.25) is 0 Å². The van der Waals surface area contributed by atoms with Crippen LogP contribution in [0.1, 0.15) is 16.7 Å². The zero-order chi connectivity index (χ0) is 14.1. The number of halogens is 1. The first-order valence-electron chi connectivity index (χ1n) is 5.00. The molecule has 0 spiro atoms. The Labute approximate surface area is 105 Å². The van der Waals surface area contributed by atoms with Crippen LogP contribution in [-0.4, -0.2) is 25.6 Å². The lowest BCUT2D eigenvalue weighted by Crippen LogP contribution is -2.33. The smallest absolute Gasteiger partial charge is 0.423 e. The van der Waals surface area contributed by atoms with Crippen LogP contribution in [0.3, 0.4) is 0 Å². The minimum atomic E-state index is -5.19. The van der Waals surface area contributed by atoms with E-state index < -0.39 is 17.6 Å². The molecule has 0 unspecified atom stereocenters. The van der Waals surface area contributed by atoms with Crippen molar-refractivity contribution in [2.24, 2.45) is 5.73 Å². The Morgan fingerprint density at radius 3 is 2.33 bits per heavy atom. The van der Waals surface area contributed by atoms with Gasteiger partial charge in [0.15, 0.2) is 5.75 Å². The monoisotopic (exact) mass is 277 g/mol. The molecule has 1 aromatic rings. The van der Waals surface area contributed by atoms with Gasteiger partial charge in [0, 0.05) is 6.54 Å². The third-order valence-electron chi connectivity index (χ3n) is 2.61. The average Bonchev–Trinajstić information content (AvgIpc) is 2.22. The first-order chi connectivity index (χ1) is 8.17. The summed E-state index contributed by atoms with van der Waals surface area (Å²) in [5.41, 5.74) is 6.35. The second-order valence-electron chi connectivity index (χ2n) is 3.76. The van der Waals surface area contributed by atoms with Gasteiger partial charge in [-0.25, -0.2) is 0 Å². The molecular weight excluding hydrogens is 264 g/mol. The second-order valence-corrected chi connectivity index (χ2v) is 4.71. The Morgan fingerprint density at radius 1 is 1.39 bits per heavy atom. The zero-order valence-electron chi connectivity index (χ0n) is 9.84. The highest BCUT2D eigenvalue weighted by atomic mass is 32.3. The van der Waals surface area contributed by atoms with Gasteiger partial charge in [0.25, 0.3) is 0 Å². The topological polar surface area (TPSA) is 110 Å². The zero-order valence-corrected chi connectivity index (χ0v) is 10.7. The van der Waals surface area contributed by atoms with Crippen LogP contribution >= 0.6 is 0 Å². The summed E-state index contributed by atoms with van der Waals surface area (Å²) in [7, 11) is -7.03. The molecule has 0 bridgehead atoms. The molecule has 0 aliphatic rings. The number of hydrogen-bond donors (Lipinski definition) is 3. The summed E-state index contributed by atoms with van der Waals surface area (Å²) in [5.74, 6) is -0.274. The maximum atomic E-state index is 12.6. The van der Waals surface area contributed by atoms with E-state index in [0.717, 1.165) is 0 Å². The van der Waals surface area contributed by atoms with Crippen LogP contribution in [-0.2, 0) is 17.0 Å². The quantitative estimate of drug-likeness (QED) is 0.482. The molecule has 0 atom stereocenters. The Kier molecular flexibility index (Phi) is 4.33. The third-order valence-corrected chi connectivity index (χ3v) is 2.97. The fourth-order valence-corrected chi connectivity index (χ4v) is 2.12. The molecule has 6 nitrogen and oxygen atoms in total. The number of benzene rings is 1. The SMILES string of the molecule is Cc1c(CN)cc(B(O)O)c(C)c1OS(=O)(=O)F. The molecule has 0 heterocycles. The van der Waals surface area contributed by atoms with Gasteiger partial charge in [0.05, 0.1) is 0 Å². The number of rotatable bonds is 4. The molecule has 0 radical (unpaired) electrons. The molecule has 0 amide bonds. The molecule has 1 aromatic carbocycles. The summed E-state index contributed by atoms with van der Waals surface area (Å²) in [5, 5.41) is 18.3. The molecule has 18 heavy (non-hydrogen) atoms. The normalized spacial score (nSPS) is 11.4. The first-order valence-corrected chi connectivity index (χ1v) is 6.31. The van der Waals surface area contributed by atoms with Crippen LogP contribution in [0.4, 0.5) is 3.89 Å². The van der Waals surface area contributed by atoms with Gasteiger partial charge >= 0.3 is 17.6 Å². The van der Waals surface area contributed by atoms with E-state index in [2.05, 4.69) is 4.18 Å². The largest absolute Gasteiger partial charge is 0.488 e. The van der Waals surface area contributed by atoms with Crippen LogP contribution < -0.4 is 15.4 Å². The Balaban J connectivity index is 3.52. The van der Waals surface area contributed by atoms with E-state index in [0.29, 0.717) is 11.1 Å². The van der Waals surface area contributed by atoms with E-state index in [1.165, 1.54) is 19.9 Å². The van der Waals surface area contributed by atoms with Crippen molar-refractivity contribution in [3.8, 4) is 5.75 Å². The van der Waals surface area contributed by atoms with Crippen molar-refractivity contribution in [2.75, 3.05) is 0 Å². The van der Waals surface area contributed by atoms with Gasteiger partial charge in [0.1, 0.15) is 0 Å². The average molecular weight is 277 g/mol. The third kappa shape index (κ3) is 3.19. The van der Waals surface area contributed by atoms with Gasteiger partial charge in [-0.3, -0.25) is 0 Å². The molecule has 100 valence electrons. The lowest BCUT2D eigenvalue weighted by Gasteiger charge is -2.16. The highest BCUT2D eigenvalue weighted by molar-refractivity contribution is 7.81. The van der Waals surface area contributed by atoms with Crippen LogP contribution in [0.15, 0.2) is 6.07 Å². The molecule has 0 saturated carbocycles. The highest BCUT2D eigenvalue weighted by Crippen LogP contribution is 2.26. The summed E-state index contributed by atoms with van der Waals surface area (Å²) in [6.45, 7) is 2.92. The van der Waals surface area contributed by atoms with Crippen LogP contribution in [0, 0.1) is 13.8 Å². The lowest BCUT2D eigenvalue weighted by molar-refractivity contribution is 0.422. The van der Waals surface area contributed by atoms with Gasteiger partial charge in [-0.2, -0.15) is 8.42 Å². The Morgan fingerprint density at radius 2 is 1.94 bits per heavy atom. The molecule has 0 aromatic heterocycles. The summed E-state index contributed by atoms with van der Waals surface area (Å²) < 4.78 is 37.9. The molecule has 1 rings (SSSR count). The van der Waals surface area contributed by atoms with E-state index in [9.17, 15) is 12.3 Å². The van der Waals surface area contributed by atoms with Crippen molar-refractivity contribution >= 4 is 23.1 Å². The van der Waals surface area contributed by atoms with Crippen molar-refractivity contribution in [1.82, 2.24) is 0 Å². The summed E-state index contributed by atoms with van der Waals surface area (Å²) in [4.78, 5) is 0. The molecule has 4 N–H and O–H groups in total. The lowest BCUT2D eigenvalue weighted by atomic mass is 9.75. The fraction of sp³-hybridized carbons (Fsp3) is 0.333. The molecule has 0 aliphatic heterocycles. The van der Waals surface area contributed by atoms with E-state index in [-0.39, 0.29) is 23.3 Å². The van der Waals surface area contributed by atoms with Crippen molar-refractivity contribution in [1.29, 1.82) is 0 Å². The summed E-state index contributed by atoms with van der Waals surface area (Å²) in [6, 6.07) is 1.41. The van der Waals surface area contributed by atoms with E-state index in [1.807, 2.05) is 0 Å². The van der Waals surface area contributed by atoms with Crippen LogP contribution in [0.25, 0.3) is 0 Å². The number of nitrogens with two attached hydrogens (primary N) is 1. The molecule has 0 fully saturated rings. The molecular formula is C9H13BFNO5S. The van der Waals surface area contributed by atoms with Crippen molar-refractivity contribution in [3.05, 3.63) is 22.8 Å². The van der Waals surface area contributed by atoms with Gasteiger partial charge < -0.3 is 20.0 Å². The second kappa shape index (κ2) is 5.23. The summed E-state index contributed by atoms with van der Waals surface area (Å²) >= 11 is 0. The summed E-state index contributed by atoms with van der Waals surface area (Å²) in [6.07, 6.45) is 0. The van der Waals surface area contributed by atoms with Crippen LogP contribution in [0.5, 0.6) is 5.75 Å². The van der Waals surface area contributed by atoms with Gasteiger partial charge in [-0.15, -0.1) is 0 Å². The van der Waals surface area contributed by atoms with E-state index >= 15 is 0 Å². The minimum Gasteiger partial charge on any atom is -0.423 e. The predicted molar refractivity (Wildman–Crippen MR) is 64.3 cm³/mol. The molecule has 9 heteroatoms. The van der Waals surface area contributed by atoms with Crippen molar-refractivity contribution in [2.45, 2.75) is 20.4 Å². The van der Waals surface area contributed by atoms with Gasteiger partial charge in [-0.1, -0.05) is 9.95 Å². The molecule has 0 saturated heterocycles. The van der Waals surface area contributed by atoms with Crippen LogP contribution in [0.2, 0.25) is 0 Å². The molecule has 0 aliphatic carbocycles. The van der Waals surface area contributed by atoms with E-state index in [4.69, 9.17) is 15.8 Å². The predicted octanol–water partition coefficient (Wildman–Crippen LogP) is -0.965. The standard InChI is InChI=1S/C9H13BFNO5S/c1-5-7(4-12)3-8(10(13)14)6(2)9(5)17-18(11,15)16/h3,13-14H,4,12H2,1-2H3. The first kappa shape index (κ1) is 14.9. The fourth-order valence-electron chi connectivity index (χ4n) is 1.67. The maximum absolute atomic E-state index is 12.6. The Hall–Kier alpha value is -1.16.